The fraction of sp³-hybridized carbons (Fsp3) is 0.500. The van der Waals surface area contributed by atoms with E-state index in [1.807, 2.05) is 0 Å². The number of esters is 1. The molecule has 0 aromatic carbocycles. The van der Waals surface area contributed by atoms with Crippen LogP contribution in [0.4, 0.5) is 0 Å². The lowest BCUT2D eigenvalue weighted by molar-refractivity contribution is -0.142. The molecule has 0 bridgehead atoms. The van der Waals surface area contributed by atoms with Gasteiger partial charge in [0.25, 0.3) is 0 Å². The number of carboxylic acids is 1. The Kier molecular flexibility index (Phi) is 11.3. The maximum atomic E-state index is 10.2. The van der Waals surface area contributed by atoms with Crippen LogP contribution in [0, 0.1) is 22.7 Å². The molecule has 6 heteroatoms. The summed E-state index contributed by atoms with van der Waals surface area (Å²) in [6.07, 6.45) is -0.548. The molecule has 0 unspecified atom stereocenters. The Morgan fingerprint density at radius 1 is 1.29 bits per heavy atom. The number of rotatable bonds is 3. The van der Waals surface area contributed by atoms with E-state index in [0.29, 0.717) is 6.61 Å². The van der Waals surface area contributed by atoms with Crippen LogP contribution < -0.4 is 0 Å². The van der Waals surface area contributed by atoms with Gasteiger partial charge in [-0.2, -0.15) is 10.5 Å². The summed E-state index contributed by atoms with van der Waals surface area (Å²) < 4.78 is 4.42. The Morgan fingerprint density at radius 3 is 2.00 bits per heavy atom. The highest BCUT2D eigenvalue weighted by Gasteiger charge is 1.95. The van der Waals surface area contributed by atoms with E-state index in [2.05, 4.69) is 4.74 Å². The molecule has 0 aromatic rings. The van der Waals surface area contributed by atoms with Crippen molar-refractivity contribution < 1.29 is 19.4 Å². The molecular weight excluding hydrogens is 188 g/mol. The van der Waals surface area contributed by atoms with E-state index >= 15 is 0 Å². The number of carboxylic acid groups (broad SMARTS) is 1. The van der Waals surface area contributed by atoms with Gasteiger partial charge < -0.3 is 9.84 Å². The molecule has 0 aliphatic carbocycles. The number of nitrogens with zero attached hydrogens (tertiary/aromatic N) is 2. The molecule has 0 aliphatic heterocycles. The largest absolute Gasteiger partial charge is 0.480 e. The minimum absolute atomic E-state index is 0.145. The molecule has 0 heterocycles. The summed E-state index contributed by atoms with van der Waals surface area (Å²) in [6.45, 7) is 2.05. The van der Waals surface area contributed by atoms with Gasteiger partial charge in [0, 0.05) is 0 Å². The molecule has 76 valence electrons. The van der Waals surface area contributed by atoms with Crippen molar-refractivity contribution in [3.05, 3.63) is 0 Å². The van der Waals surface area contributed by atoms with Crippen LogP contribution in [-0.4, -0.2) is 23.7 Å². The number of carbonyl (C=O) groups excluding carboxylic acids is 1. The zero-order valence-electron chi connectivity index (χ0n) is 7.69. The minimum atomic E-state index is -1.07. The second-order valence-electron chi connectivity index (χ2n) is 1.87. The highest BCUT2D eigenvalue weighted by Crippen LogP contribution is 1.81. The lowest BCUT2D eigenvalue weighted by Crippen LogP contribution is -2.01. The van der Waals surface area contributed by atoms with Crippen LogP contribution in [0.15, 0.2) is 0 Å². The molecule has 1 N–H and O–H groups in total. The van der Waals surface area contributed by atoms with E-state index in [1.54, 1.807) is 13.0 Å². The van der Waals surface area contributed by atoms with Gasteiger partial charge >= 0.3 is 11.9 Å². The van der Waals surface area contributed by atoms with Crippen LogP contribution in [0.25, 0.3) is 0 Å². The first kappa shape index (κ1) is 14.4. The Morgan fingerprint density at radius 2 is 1.79 bits per heavy atom. The zero-order chi connectivity index (χ0) is 11.4. The van der Waals surface area contributed by atoms with Crippen molar-refractivity contribution >= 4 is 11.9 Å². The number of ether oxygens (including phenoxy) is 1. The highest BCUT2D eigenvalue weighted by atomic mass is 16.5. The van der Waals surface area contributed by atoms with Crippen LogP contribution in [0.3, 0.4) is 0 Å². The molecule has 0 amide bonds. The van der Waals surface area contributed by atoms with Gasteiger partial charge in [-0.05, 0) is 6.92 Å². The first-order chi connectivity index (χ1) is 6.58. The van der Waals surface area contributed by atoms with Gasteiger partial charge in [-0.1, -0.05) is 0 Å². The average molecular weight is 198 g/mol. The van der Waals surface area contributed by atoms with Crippen molar-refractivity contribution in [2.45, 2.75) is 19.8 Å². The molecular formula is C8H10N2O4. The Bertz CT molecular complexity index is 261. The predicted molar refractivity (Wildman–Crippen MR) is 44.7 cm³/mol. The first-order valence-electron chi connectivity index (χ1n) is 3.69. The second kappa shape index (κ2) is 10.9. The summed E-state index contributed by atoms with van der Waals surface area (Å²) in [6, 6.07) is 3.15. The standard InChI is InChI=1S/C5H7NO2.C3H3NO2/c1-2-8-5(7)3-4-6;4-2-1-3(5)6/h2-3H2,1H3;1H2,(H,5,6). The number of nitriles is 2. The fourth-order valence-corrected chi connectivity index (χ4v) is 0.344. The summed E-state index contributed by atoms with van der Waals surface area (Å²) in [5.41, 5.74) is 0. The Hall–Kier alpha value is -2.08. The minimum Gasteiger partial charge on any atom is -0.480 e. The number of carbonyl (C=O) groups is 2. The third-order valence-electron chi connectivity index (χ3n) is 0.759. The summed E-state index contributed by atoms with van der Waals surface area (Å²) in [7, 11) is 0. The summed E-state index contributed by atoms with van der Waals surface area (Å²) in [5.74, 6) is -1.52. The van der Waals surface area contributed by atoms with E-state index in [0.717, 1.165) is 0 Å². The quantitative estimate of drug-likeness (QED) is 0.659. The first-order valence-corrected chi connectivity index (χ1v) is 3.69. The van der Waals surface area contributed by atoms with Crippen LogP contribution in [0.2, 0.25) is 0 Å². The van der Waals surface area contributed by atoms with Gasteiger partial charge in [0.05, 0.1) is 18.7 Å². The van der Waals surface area contributed by atoms with Crippen LogP contribution >= 0.6 is 0 Å². The van der Waals surface area contributed by atoms with E-state index < -0.39 is 18.4 Å². The monoisotopic (exact) mass is 198 g/mol. The van der Waals surface area contributed by atoms with Crippen molar-refractivity contribution in [2.75, 3.05) is 6.61 Å². The maximum absolute atomic E-state index is 10.2. The zero-order valence-corrected chi connectivity index (χ0v) is 7.69. The van der Waals surface area contributed by atoms with E-state index in [1.165, 1.54) is 6.07 Å². The molecule has 0 rings (SSSR count). The molecule has 6 nitrogen and oxygen atoms in total. The van der Waals surface area contributed by atoms with Crippen molar-refractivity contribution in [1.29, 1.82) is 10.5 Å². The lowest BCUT2D eigenvalue weighted by atomic mass is 10.5. The highest BCUT2D eigenvalue weighted by molar-refractivity contribution is 5.71. The molecule has 0 aromatic heterocycles. The SMILES string of the molecule is CCOC(=O)CC#N.N#CCC(=O)O. The molecule has 0 atom stereocenters. The van der Waals surface area contributed by atoms with Gasteiger partial charge in [-0.15, -0.1) is 0 Å². The summed E-state index contributed by atoms with van der Waals surface area (Å²) >= 11 is 0. The topological polar surface area (TPSA) is 111 Å². The van der Waals surface area contributed by atoms with Crippen LogP contribution in [0.5, 0.6) is 0 Å². The van der Waals surface area contributed by atoms with Crippen LogP contribution in [0.1, 0.15) is 19.8 Å². The number of hydrogen-bond donors (Lipinski definition) is 1. The molecule has 0 fully saturated rings. The predicted octanol–water partition coefficient (Wildman–Crippen LogP) is 0.448. The summed E-state index contributed by atoms with van der Waals surface area (Å²) in [5, 5.41) is 23.2. The number of hydrogen-bond acceptors (Lipinski definition) is 5. The molecule has 0 saturated heterocycles. The fourth-order valence-electron chi connectivity index (χ4n) is 0.344. The maximum Gasteiger partial charge on any atom is 0.320 e. The lowest BCUT2D eigenvalue weighted by Gasteiger charge is -1.92. The Balaban J connectivity index is 0. The van der Waals surface area contributed by atoms with Gasteiger partial charge in [0.1, 0.15) is 12.8 Å². The Labute approximate surface area is 81.3 Å². The van der Waals surface area contributed by atoms with Gasteiger partial charge in [-0.25, -0.2) is 0 Å². The van der Waals surface area contributed by atoms with E-state index in [-0.39, 0.29) is 6.42 Å². The van der Waals surface area contributed by atoms with Gasteiger partial charge in [0.15, 0.2) is 0 Å². The smallest absolute Gasteiger partial charge is 0.320 e. The normalized spacial score (nSPS) is 7.07. The van der Waals surface area contributed by atoms with Gasteiger partial charge in [0.2, 0.25) is 0 Å². The summed E-state index contributed by atoms with van der Waals surface area (Å²) in [4.78, 5) is 19.6. The van der Waals surface area contributed by atoms with E-state index in [4.69, 9.17) is 15.6 Å². The molecule has 0 saturated carbocycles. The second-order valence-corrected chi connectivity index (χ2v) is 1.87. The van der Waals surface area contributed by atoms with Crippen molar-refractivity contribution in [2.24, 2.45) is 0 Å². The van der Waals surface area contributed by atoms with Gasteiger partial charge in [-0.3, -0.25) is 9.59 Å². The number of aliphatic carboxylic acids is 1. The third-order valence-corrected chi connectivity index (χ3v) is 0.759. The molecule has 0 aliphatic rings. The van der Waals surface area contributed by atoms with Crippen molar-refractivity contribution in [3.8, 4) is 12.1 Å². The molecule has 0 radical (unpaired) electrons. The third kappa shape index (κ3) is 16.5. The van der Waals surface area contributed by atoms with Crippen LogP contribution in [-0.2, 0) is 14.3 Å². The van der Waals surface area contributed by atoms with Crippen molar-refractivity contribution in [3.63, 3.8) is 0 Å². The molecule has 14 heavy (non-hydrogen) atoms. The van der Waals surface area contributed by atoms with E-state index in [9.17, 15) is 9.59 Å². The molecule has 0 spiro atoms. The average Bonchev–Trinajstić information content (AvgIpc) is 2.05. The van der Waals surface area contributed by atoms with Crippen molar-refractivity contribution in [1.82, 2.24) is 0 Å².